The molecule has 1 aliphatic rings. The molecule has 0 heterocycles. The molecule has 1 unspecified atom stereocenters. The average Bonchev–Trinajstić information content (AvgIpc) is 2.62. The highest BCUT2D eigenvalue weighted by molar-refractivity contribution is 7.75. The van der Waals surface area contributed by atoms with Gasteiger partial charge in [-0.3, -0.25) is 4.18 Å². The van der Waals surface area contributed by atoms with Crippen molar-refractivity contribution in [3.05, 3.63) is 54.6 Å². The van der Waals surface area contributed by atoms with Crippen LogP contribution in [0.2, 0.25) is 0 Å². The average molecular weight is 332 g/mol. The first-order valence-electron chi connectivity index (χ1n) is 7.91. The van der Waals surface area contributed by atoms with Crippen LogP contribution in [0.15, 0.2) is 54.6 Å². The quantitative estimate of drug-likeness (QED) is 0.573. The Balaban J connectivity index is 1.61. The number of para-hydroxylation sites is 1. The molecule has 0 N–H and O–H groups in total. The van der Waals surface area contributed by atoms with E-state index in [-0.39, 0.29) is 6.10 Å². The second-order valence-electron chi connectivity index (χ2n) is 5.57. The van der Waals surface area contributed by atoms with Crippen LogP contribution < -0.4 is 4.89 Å². The van der Waals surface area contributed by atoms with Gasteiger partial charge in [0.1, 0.15) is 0 Å². The van der Waals surface area contributed by atoms with E-state index in [2.05, 4.69) is 0 Å². The minimum absolute atomic E-state index is 0.00227. The molecule has 1 saturated carbocycles. The van der Waals surface area contributed by atoms with E-state index in [1.165, 1.54) is 6.42 Å². The third kappa shape index (κ3) is 4.64. The highest BCUT2D eigenvalue weighted by Gasteiger charge is 2.18. The first-order chi connectivity index (χ1) is 11.3. The van der Waals surface area contributed by atoms with Gasteiger partial charge in [-0.1, -0.05) is 72.1 Å². The fourth-order valence-electron chi connectivity index (χ4n) is 2.75. The smallest absolute Gasteiger partial charge is 0.320 e. The lowest BCUT2D eigenvalue weighted by molar-refractivity contribution is -0.0999. The summed E-state index contributed by atoms with van der Waals surface area (Å²) < 4.78 is 22.2. The molecule has 0 bridgehead atoms. The third-order valence-electron chi connectivity index (χ3n) is 3.92. The standard InChI is InChI=1S/C18H20O4S/c19-23(21-16-11-5-2-6-12-16)22-20-18-14-8-7-13-17(18)15-9-3-1-4-10-15/h1,3-4,7-10,13-14,16H,2,5-6,11-12H2. The van der Waals surface area contributed by atoms with Gasteiger partial charge in [0.05, 0.1) is 6.10 Å². The van der Waals surface area contributed by atoms with Gasteiger partial charge < -0.3 is 4.89 Å². The lowest BCUT2D eigenvalue weighted by atomic mass is 9.98. The fourth-order valence-corrected chi connectivity index (χ4v) is 3.32. The van der Waals surface area contributed by atoms with E-state index in [0.717, 1.165) is 36.8 Å². The Labute approximate surface area is 139 Å². The molecule has 2 aromatic rings. The van der Waals surface area contributed by atoms with Gasteiger partial charge in [-0.2, -0.15) is 4.21 Å². The van der Waals surface area contributed by atoms with Crippen LogP contribution in [-0.2, 0) is 19.9 Å². The topological polar surface area (TPSA) is 44.8 Å². The van der Waals surface area contributed by atoms with Crippen molar-refractivity contribution in [2.75, 3.05) is 0 Å². The van der Waals surface area contributed by atoms with E-state index in [1.54, 1.807) is 6.07 Å². The molecule has 1 aliphatic carbocycles. The first-order valence-corrected chi connectivity index (χ1v) is 8.91. The zero-order chi connectivity index (χ0) is 15.9. The summed E-state index contributed by atoms with van der Waals surface area (Å²) in [6.45, 7) is 0. The number of benzene rings is 2. The summed E-state index contributed by atoms with van der Waals surface area (Å²) in [4.78, 5) is 5.27. The Kier molecular flexibility index (Phi) is 5.80. The molecule has 3 rings (SSSR count). The molecule has 0 saturated heterocycles. The SMILES string of the molecule is O=S(OOc1ccccc1-c1ccccc1)OC1CCCCC1. The van der Waals surface area contributed by atoms with Gasteiger partial charge in [-0.15, -0.1) is 0 Å². The van der Waals surface area contributed by atoms with E-state index in [0.29, 0.717) is 5.75 Å². The fraction of sp³-hybridized carbons (Fsp3) is 0.333. The second kappa shape index (κ2) is 8.24. The molecule has 4 nitrogen and oxygen atoms in total. The zero-order valence-corrected chi connectivity index (χ0v) is 13.7. The molecule has 23 heavy (non-hydrogen) atoms. The van der Waals surface area contributed by atoms with Gasteiger partial charge in [-0.05, 0) is 24.5 Å². The maximum Gasteiger partial charge on any atom is 0.343 e. The summed E-state index contributed by atoms with van der Waals surface area (Å²) >= 11 is -1.90. The summed E-state index contributed by atoms with van der Waals surface area (Å²) in [7, 11) is 0. The van der Waals surface area contributed by atoms with Crippen LogP contribution >= 0.6 is 0 Å². The predicted octanol–water partition coefficient (Wildman–Crippen LogP) is 4.59. The summed E-state index contributed by atoms with van der Waals surface area (Å²) in [6, 6.07) is 17.3. The number of hydrogen-bond donors (Lipinski definition) is 0. The Morgan fingerprint density at radius 2 is 1.57 bits per heavy atom. The van der Waals surface area contributed by atoms with Crippen molar-refractivity contribution in [3.8, 4) is 16.9 Å². The van der Waals surface area contributed by atoms with Crippen LogP contribution in [0.4, 0.5) is 0 Å². The van der Waals surface area contributed by atoms with Crippen LogP contribution in [0, 0.1) is 0 Å². The van der Waals surface area contributed by atoms with Crippen molar-refractivity contribution >= 4 is 11.4 Å². The third-order valence-corrected chi connectivity index (χ3v) is 4.53. The lowest BCUT2D eigenvalue weighted by Gasteiger charge is -2.20. The first kappa shape index (κ1) is 16.2. The maximum absolute atomic E-state index is 11.9. The van der Waals surface area contributed by atoms with Crippen LogP contribution in [-0.4, -0.2) is 10.3 Å². The monoisotopic (exact) mass is 332 g/mol. The summed E-state index contributed by atoms with van der Waals surface area (Å²) in [5.41, 5.74) is 1.88. The number of hydrogen-bond acceptors (Lipinski definition) is 4. The largest absolute Gasteiger partial charge is 0.343 e. The maximum atomic E-state index is 11.9. The van der Waals surface area contributed by atoms with Crippen LogP contribution in [0.3, 0.4) is 0 Å². The molecular formula is C18H20O4S. The van der Waals surface area contributed by atoms with Gasteiger partial charge in [0.25, 0.3) is 0 Å². The van der Waals surface area contributed by atoms with Crippen LogP contribution in [0.1, 0.15) is 32.1 Å². The second-order valence-corrected chi connectivity index (χ2v) is 6.31. The van der Waals surface area contributed by atoms with E-state index >= 15 is 0 Å². The molecule has 1 fully saturated rings. The Bertz CT molecular complexity index is 638. The molecule has 0 radical (unpaired) electrons. The molecule has 0 aromatic heterocycles. The van der Waals surface area contributed by atoms with Gasteiger partial charge in [0.15, 0.2) is 5.75 Å². The summed E-state index contributed by atoms with van der Waals surface area (Å²) in [6.07, 6.45) is 5.29. The summed E-state index contributed by atoms with van der Waals surface area (Å²) in [5.74, 6) is 0.513. The van der Waals surface area contributed by atoms with Crippen molar-refractivity contribution in [3.63, 3.8) is 0 Å². The molecule has 1 atom stereocenters. The minimum atomic E-state index is -1.90. The Morgan fingerprint density at radius 1 is 0.870 bits per heavy atom. The molecule has 0 aliphatic heterocycles. The van der Waals surface area contributed by atoms with Crippen molar-refractivity contribution in [2.24, 2.45) is 0 Å². The highest BCUT2D eigenvalue weighted by Crippen LogP contribution is 2.30. The Hall–Kier alpha value is -1.69. The molecule has 2 aromatic carbocycles. The van der Waals surface area contributed by atoms with Gasteiger partial charge in [0, 0.05) is 5.56 Å². The molecular weight excluding hydrogens is 312 g/mol. The van der Waals surface area contributed by atoms with E-state index < -0.39 is 11.4 Å². The van der Waals surface area contributed by atoms with Crippen molar-refractivity contribution < 1.29 is 17.6 Å². The molecule has 0 amide bonds. The van der Waals surface area contributed by atoms with Gasteiger partial charge in [-0.25, -0.2) is 0 Å². The van der Waals surface area contributed by atoms with Crippen molar-refractivity contribution in [1.29, 1.82) is 0 Å². The highest BCUT2D eigenvalue weighted by atomic mass is 32.2. The van der Waals surface area contributed by atoms with Crippen LogP contribution in [0.5, 0.6) is 5.75 Å². The molecule has 122 valence electrons. The van der Waals surface area contributed by atoms with E-state index in [4.69, 9.17) is 13.4 Å². The Morgan fingerprint density at radius 3 is 2.35 bits per heavy atom. The zero-order valence-electron chi connectivity index (χ0n) is 12.9. The number of rotatable bonds is 6. The predicted molar refractivity (Wildman–Crippen MR) is 89.7 cm³/mol. The van der Waals surface area contributed by atoms with Crippen LogP contribution in [0.25, 0.3) is 11.1 Å². The van der Waals surface area contributed by atoms with Crippen molar-refractivity contribution in [1.82, 2.24) is 0 Å². The normalized spacial score (nSPS) is 16.9. The molecule has 5 heteroatoms. The van der Waals surface area contributed by atoms with Crippen molar-refractivity contribution in [2.45, 2.75) is 38.2 Å². The van der Waals surface area contributed by atoms with Gasteiger partial charge in [0.2, 0.25) is 0 Å². The van der Waals surface area contributed by atoms with Gasteiger partial charge >= 0.3 is 11.4 Å². The van der Waals surface area contributed by atoms with E-state index in [1.807, 2.05) is 48.5 Å². The summed E-state index contributed by atoms with van der Waals surface area (Å²) in [5, 5.41) is 0. The lowest BCUT2D eigenvalue weighted by Crippen LogP contribution is -2.19. The van der Waals surface area contributed by atoms with E-state index in [9.17, 15) is 4.21 Å². The molecule has 0 spiro atoms. The minimum Gasteiger partial charge on any atom is -0.320 e.